The van der Waals surface area contributed by atoms with Crippen LogP contribution in [0.15, 0.2) is 95.9 Å². The summed E-state index contributed by atoms with van der Waals surface area (Å²) in [6, 6.07) is 27.7. The van der Waals surface area contributed by atoms with E-state index in [1.54, 1.807) is 25.3 Å². The molecule has 0 aromatic heterocycles. The van der Waals surface area contributed by atoms with Gasteiger partial charge in [0.05, 0.1) is 18.0 Å². The maximum absolute atomic E-state index is 13.3. The Balaban J connectivity index is 1.74. The zero-order valence-electron chi connectivity index (χ0n) is 16.9. The molecule has 4 aromatic carbocycles. The lowest BCUT2D eigenvalue weighted by molar-refractivity contribution is 0.415. The zero-order valence-corrected chi connectivity index (χ0v) is 17.7. The summed E-state index contributed by atoms with van der Waals surface area (Å²) < 4.78 is 34.8. The third-order valence-electron chi connectivity index (χ3n) is 5.11. The van der Waals surface area contributed by atoms with E-state index in [1.807, 2.05) is 79.7 Å². The quantitative estimate of drug-likeness (QED) is 0.468. The number of rotatable bonds is 6. The fraction of sp³-hybridized carbons (Fsp3) is 0.120. The normalized spacial score (nSPS) is 12.6. The van der Waals surface area contributed by atoms with Crippen molar-refractivity contribution >= 4 is 20.8 Å². The molecule has 30 heavy (non-hydrogen) atoms. The largest absolute Gasteiger partial charge is 0.497 e. The minimum Gasteiger partial charge on any atom is -0.497 e. The smallest absolute Gasteiger partial charge is 0.241 e. The van der Waals surface area contributed by atoms with Gasteiger partial charge in [0.25, 0.3) is 0 Å². The Morgan fingerprint density at radius 3 is 2.20 bits per heavy atom. The second kappa shape index (κ2) is 8.30. The molecule has 0 spiro atoms. The fourth-order valence-electron chi connectivity index (χ4n) is 3.54. The van der Waals surface area contributed by atoms with Crippen molar-refractivity contribution in [2.75, 3.05) is 7.11 Å². The molecule has 152 valence electrons. The van der Waals surface area contributed by atoms with Crippen LogP contribution in [0.5, 0.6) is 5.75 Å². The summed E-state index contributed by atoms with van der Waals surface area (Å²) in [5.74, 6) is 0.736. The third kappa shape index (κ3) is 4.22. The summed E-state index contributed by atoms with van der Waals surface area (Å²) in [6.07, 6.45) is 0. The Hall–Kier alpha value is -3.15. The minimum atomic E-state index is -3.76. The Kier molecular flexibility index (Phi) is 5.57. The predicted molar refractivity (Wildman–Crippen MR) is 120 cm³/mol. The van der Waals surface area contributed by atoms with E-state index in [9.17, 15) is 8.42 Å². The first-order chi connectivity index (χ1) is 14.5. The molecule has 4 aromatic rings. The molecule has 0 heterocycles. The van der Waals surface area contributed by atoms with E-state index in [1.165, 1.54) is 0 Å². The van der Waals surface area contributed by atoms with Crippen LogP contribution in [0, 0.1) is 6.92 Å². The maximum Gasteiger partial charge on any atom is 0.241 e. The van der Waals surface area contributed by atoms with Gasteiger partial charge in [-0.05, 0) is 53.1 Å². The van der Waals surface area contributed by atoms with Gasteiger partial charge in [0, 0.05) is 0 Å². The van der Waals surface area contributed by atoms with Crippen LogP contribution >= 0.6 is 0 Å². The van der Waals surface area contributed by atoms with Crippen molar-refractivity contribution in [1.29, 1.82) is 0 Å². The average molecular weight is 418 g/mol. The Morgan fingerprint density at radius 2 is 1.47 bits per heavy atom. The summed E-state index contributed by atoms with van der Waals surface area (Å²) in [5, 5.41) is 1.76. The van der Waals surface area contributed by atoms with E-state index >= 15 is 0 Å². The summed E-state index contributed by atoms with van der Waals surface area (Å²) >= 11 is 0. The molecule has 0 amide bonds. The summed E-state index contributed by atoms with van der Waals surface area (Å²) in [5.41, 5.74) is 2.86. The van der Waals surface area contributed by atoms with Gasteiger partial charge in [-0.3, -0.25) is 0 Å². The van der Waals surface area contributed by atoms with E-state index in [0.717, 1.165) is 33.2 Å². The molecule has 0 bridgehead atoms. The molecular formula is C25H23NO3S. The molecule has 0 fully saturated rings. The Bertz CT molecular complexity index is 1280. The molecule has 4 rings (SSSR count). The molecule has 1 N–H and O–H groups in total. The van der Waals surface area contributed by atoms with Gasteiger partial charge in [0.2, 0.25) is 10.0 Å². The molecular weight excluding hydrogens is 394 g/mol. The number of hydrogen-bond donors (Lipinski definition) is 1. The molecule has 0 saturated carbocycles. The fourth-order valence-corrected chi connectivity index (χ4v) is 4.79. The van der Waals surface area contributed by atoms with E-state index in [4.69, 9.17) is 4.74 Å². The van der Waals surface area contributed by atoms with Crippen molar-refractivity contribution in [2.24, 2.45) is 0 Å². The molecule has 1 atom stereocenters. The molecule has 0 saturated heterocycles. The third-order valence-corrected chi connectivity index (χ3v) is 6.53. The van der Waals surface area contributed by atoms with Crippen LogP contribution in [-0.4, -0.2) is 15.5 Å². The van der Waals surface area contributed by atoms with Crippen LogP contribution in [0.1, 0.15) is 22.7 Å². The van der Waals surface area contributed by atoms with Gasteiger partial charge >= 0.3 is 0 Å². The highest BCUT2D eigenvalue weighted by atomic mass is 32.2. The molecule has 0 radical (unpaired) electrons. The van der Waals surface area contributed by atoms with Gasteiger partial charge in [-0.1, -0.05) is 72.3 Å². The Morgan fingerprint density at radius 1 is 0.767 bits per heavy atom. The molecule has 0 aliphatic rings. The van der Waals surface area contributed by atoms with E-state index < -0.39 is 16.1 Å². The zero-order chi connectivity index (χ0) is 21.1. The van der Waals surface area contributed by atoms with Crippen molar-refractivity contribution in [3.05, 3.63) is 108 Å². The average Bonchev–Trinajstić information content (AvgIpc) is 2.77. The highest BCUT2D eigenvalue weighted by molar-refractivity contribution is 7.89. The summed E-state index contributed by atoms with van der Waals surface area (Å²) in [7, 11) is -2.15. The molecule has 1 unspecified atom stereocenters. The van der Waals surface area contributed by atoms with Gasteiger partial charge in [-0.2, -0.15) is 4.72 Å². The minimum absolute atomic E-state index is 0.230. The van der Waals surface area contributed by atoms with Crippen LogP contribution in [0.3, 0.4) is 0 Å². The van der Waals surface area contributed by atoms with E-state index in [-0.39, 0.29) is 4.90 Å². The summed E-state index contributed by atoms with van der Waals surface area (Å²) in [4.78, 5) is 0.230. The van der Waals surface area contributed by atoms with E-state index in [2.05, 4.69) is 4.72 Å². The lowest BCUT2D eigenvalue weighted by atomic mass is 9.98. The molecule has 0 aliphatic carbocycles. The van der Waals surface area contributed by atoms with Crippen molar-refractivity contribution in [3.8, 4) is 5.75 Å². The topological polar surface area (TPSA) is 55.4 Å². The number of benzene rings is 4. The highest BCUT2D eigenvalue weighted by Gasteiger charge is 2.23. The van der Waals surface area contributed by atoms with Crippen molar-refractivity contribution < 1.29 is 13.2 Å². The number of nitrogens with one attached hydrogen (secondary N) is 1. The predicted octanol–water partition coefficient (Wildman–Crippen LogP) is 5.22. The van der Waals surface area contributed by atoms with Crippen LogP contribution in [0.4, 0.5) is 0 Å². The SMILES string of the molecule is COc1ccc2cc(S(=O)(=O)NC(c3ccccc3)c3cccc(C)c3)ccc2c1. The molecule has 0 aliphatic heterocycles. The lowest BCUT2D eigenvalue weighted by Crippen LogP contribution is -2.29. The highest BCUT2D eigenvalue weighted by Crippen LogP contribution is 2.27. The lowest BCUT2D eigenvalue weighted by Gasteiger charge is -2.20. The Labute approximate surface area is 177 Å². The standard InChI is InChI=1S/C25H23NO3S/c1-18-7-6-10-22(15-18)25(19-8-4-3-5-9-19)26-30(27,28)24-14-12-20-16-23(29-2)13-11-21(20)17-24/h3-17,25-26H,1-2H3. The number of aryl methyl sites for hydroxylation is 1. The van der Waals surface area contributed by atoms with Gasteiger partial charge in [-0.15, -0.1) is 0 Å². The molecule has 5 heteroatoms. The monoisotopic (exact) mass is 417 g/mol. The number of hydrogen-bond acceptors (Lipinski definition) is 3. The summed E-state index contributed by atoms with van der Waals surface area (Å²) in [6.45, 7) is 2.00. The number of methoxy groups -OCH3 is 1. The van der Waals surface area contributed by atoms with Crippen LogP contribution in [0.2, 0.25) is 0 Å². The first-order valence-electron chi connectivity index (χ1n) is 9.68. The second-order valence-electron chi connectivity index (χ2n) is 7.25. The van der Waals surface area contributed by atoms with Crippen molar-refractivity contribution in [3.63, 3.8) is 0 Å². The first-order valence-corrected chi connectivity index (χ1v) is 11.2. The van der Waals surface area contributed by atoms with Gasteiger partial charge in [0.1, 0.15) is 5.75 Å². The van der Waals surface area contributed by atoms with Crippen LogP contribution < -0.4 is 9.46 Å². The first kappa shape index (κ1) is 20.1. The van der Waals surface area contributed by atoms with Crippen molar-refractivity contribution in [1.82, 2.24) is 4.72 Å². The number of ether oxygens (including phenoxy) is 1. The van der Waals surface area contributed by atoms with Gasteiger partial charge in [-0.25, -0.2) is 8.42 Å². The van der Waals surface area contributed by atoms with Gasteiger partial charge < -0.3 is 4.74 Å². The van der Waals surface area contributed by atoms with Crippen LogP contribution in [-0.2, 0) is 10.0 Å². The van der Waals surface area contributed by atoms with Crippen molar-refractivity contribution in [2.45, 2.75) is 17.9 Å². The van der Waals surface area contributed by atoms with Crippen LogP contribution in [0.25, 0.3) is 10.8 Å². The second-order valence-corrected chi connectivity index (χ2v) is 8.97. The van der Waals surface area contributed by atoms with E-state index in [0.29, 0.717) is 0 Å². The number of fused-ring (bicyclic) bond motifs is 1. The molecule has 4 nitrogen and oxygen atoms in total. The number of sulfonamides is 1. The van der Waals surface area contributed by atoms with Gasteiger partial charge in [0.15, 0.2) is 0 Å². The maximum atomic E-state index is 13.3.